The normalized spacial score (nSPS) is 27.0. The van der Waals surface area contributed by atoms with Crippen molar-refractivity contribution in [2.45, 2.75) is 38.5 Å². The fraction of sp³-hybridized carbons (Fsp3) is 0.500. The number of aliphatic hydroxyl groups is 1. The summed E-state index contributed by atoms with van der Waals surface area (Å²) >= 11 is 0. The lowest BCUT2D eigenvalue weighted by molar-refractivity contribution is -0.119. The molecule has 0 amide bonds. The molecular weight excluding hydrogens is 348 g/mol. The highest BCUT2D eigenvalue weighted by Gasteiger charge is 2.46. The average molecular weight is 381 g/mol. The zero-order valence-electron chi connectivity index (χ0n) is 17.1. The van der Waals surface area contributed by atoms with Crippen molar-refractivity contribution in [3.8, 4) is 0 Å². The Kier molecular flexibility index (Phi) is 5.83. The lowest BCUT2D eigenvalue weighted by Crippen LogP contribution is -2.62. The summed E-state index contributed by atoms with van der Waals surface area (Å²) in [4.78, 5) is 4.96. The van der Waals surface area contributed by atoms with Gasteiger partial charge in [0.15, 0.2) is 0 Å². The smallest absolute Gasteiger partial charge is 0.108 e. The van der Waals surface area contributed by atoms with Crippen LogP contribution in [0.5, 0.6) is 0 Å². The fourth-order valence-corrected chi connectivity index (χ4v) is 4.82. The second kappa shape index (κ2) is 8.34. The molecule has 150 valence electrons. The standard InChI is InChI=1S/C24H32N2O2/c1-19-7-6-8-20(2)22(19)17-25-12-11-24(27,21-9-4-3-5-10-21)23(18-25)26-13-15-28-16-14-26/h3-10,23,27H,11-18H2,1-2H3/t23-,24+/m1/s1. The van der Waals surface area contributed by atoms with Crippen LogP contribution in [0.2, 0.25) is 0 Å². The number of likely N-dealkylation sites (tertiary alicyclic amines) is 1. The fourth-order valence-electron chi connectivity index (χ4n) is 4.82. The zero-order chi connectivity index (χ0) is 19.6. The van der Waals surface area contributed by atoms with E-state index >= 15 is 0 Å². The Morgan fingerprint density at radius 1 is 0.964 bits per heavy atom. The van der Waals surface area contributed by atoms with Crippen LogP contribution in [0.4, 0.5) is 0 Å². The lowest BCUT2D eigenvalue weighted by Gasteiger charge is -2.50. The van der Waals surface area contributed by atoms with Crippen LogP contribution in [-0.2, 0) is 16.9 Å². The summed E-state index contributed by atoms with van der Waals surface area (Å²) in [6, 6.07) is 16.9. The van der Waals surface area contributed by atoms with Crippen LogP contribution in [0, 0.1) is 13.8 Å². The Balaban J connectivity index is 1.60. The molecule has 0 aromatic heterocycles. The van der Waals surface area contributed by atoms with Gasteiger partial charge in [-0.05, 0) is 42.5 Å². The lowest BCUT2D eigenvalue weighted by atomic mass is 9.79. The third-order valence-corrected chi connectivity index (χ3v) is 6.58. The van der Waals surface area contributed by atoms with Gasteiger partial charge in [-0.2, -0.15) is 0 Å². The number of benzene rings is 2. The Hall–Kier alpha value is -1.72. The molecule has 4 heteroatoms. The topological polar surface area (TPSA) is 35.9 Å². The third-order valence-electron chi connectivity index (χ3n) is 6.58. The minimum Gasteiger partial charge on any atom is -0.383 e. The van der Waals surface area contributed by atoms with Crippen molar-refractivity contribution in [2.75, 3.05) is 39.4 Å². The monoisotopic (exact) mass is 380 g/mol. The van der Waals surface area contributed by atoms with Crippen LogP contribution >= 0.6 is 0 Å². The largest absolute Gasteiger partial charge is 0.383 e. The van der Waals surface area contributed by atoms with Gasteiger partial charge in [0, 0.05) is 32.7 Å². The van der Waals surface area contributed by atoms with E-state index in [-0.39, 0.29) is 6.04 Å². The van der Waals surface area contributed by atoms with Gasteiger partial charge in [0.2, 0.25) is 0 Å². The molecule has 2 aliphatic heterocycles. The Morgan fingerprint density at radius 3 is 2.32 bits per heavy atom. The summed E-state index contributed by atoms with van der Waals surface area (Å²) in [5.74, 6) is 0. The van der Waals surface area contributed by atoms with Crippen molar-refractivity contribution in [3.63, 3.8) is 0 Å². The predicted molar refractivity (Wildman–Crippen MR) is 112 cm³/mol. The van der Waals surface area contributed by atoms with Gasteiger partial charge in [-0.15, -0.1) is 0 Å². The maximum atomic E-state index is 11.8. The Labute approximate surface area is 168 Å². The van der Waals surface area contributed by atoms with Crippen molar-refractivity contribution >= 4 is 0 Å². The molecule has 2 aromatic rings. The predicted octanol–water partition coefficient (Wildman–Crippen LogP) is 3.10. The van der Waals surface area contributed by atoms with E-state index in [1.165, 1.54) is 16.7 Å². The molecular formula is C24H32N2O2. The summed E-state index contributed by atoms with van der Waals surface area (Å²) < 4.78 is 5.58. The second-order valence-electron chi connectivity index (χ2n) is 8.31. The molecule has 0 unspecified atom stereocenters. The van der Waals surface area contributed by atoms with Crippen molar-refractivity contribution in [1.29, 1.82) is 0 Å². The van der Waals surface area contributed by atoms with E-state index in [1.54, 1.807) is 0 Å². The molecule has 0 aliphatic carbocycles. The molecule has 2 aromatic carbocycles. The number of rotatable bonds is 4. The number of hydrogen-bond donors (Lipinski definition) is 1. The van der Waals surface area contributed by atoms with Crippen LogP contribution < -0.4 is 0 Å². The van der Waals surface area contributed by atoms with Gasteiger partial charge in [0.05, 0.1) is 19.3 Å². The van der Waals surface area contributed by atoms with Crippen LogP contribution in [0.15, 0.2) is 48.5 Å². The van der Waals surface area contributed by atoms with Gasteiger partial charge in [-0.3, -0.25) is 9.80 Å². The van der Waals surface area contributed by atoms with Gasteiger partial charge >= 0.3 is 0 Å². The molecule has 28 heavy (non-hydrogen) atoms. The van der Waals surface area contributed by atoms with Crippen LogP contribution in [-0.4, -0.2) is 60.3 Å². The van der Waals surface area contributed by atoms with Crippen LogP contribution in [0.3, 0.4) is 0 Å². The molecule has 2 saturated heterocycles. The zero-order valence-corrected chi connectivity index (χ0v) is 17.1. The van der Waals surface area contributed by atoms with E-state index < -0.39 is 5.60 Å². The van der Waals surface area contributed by atoms with Gasteiger partial charge in [0.1, 0.15) is 5.60 Å². The molecule has 0 spiro atoms. The van der Waals surface area contributed by atoms with Crippen molar-refractivity contribution in [2.24, 2.45) is 0 Å². The highest BCUT2D eigenvalue weighted by Crippen LogP contribution is 2.37. The molecule has 0 bridgehead atoms. The number of piperidine rings is 1. The SMILES string of the molecule is Cc1cccc(C)c1CN1CC[C@](O)(c2ccccc2)[C@H](N2CCOCC2)C1. The van der Waals surface area contributed by atoms with Gasteiger partial charge in [0.25, 0.3) is 0 Å². The second-order valence-corrected chi connectivity index (χ2v) is 8.31. The molecule has 2 aliphatic rings. The van der Waals surface area contributed by atoms with Gasteiger partial charge < -0.3 is 9.84 Å². The molecule has 4 rings (SSSR count). The van der Waals surface area contributed by atoms with Crippen LogP contribution in [0.1, 0.15) is 28.7 Å². The average Bonchev–Trinajstić information content (AvgIpc) is 2.73. The Bertz CT molecular complexity index is 768. The number of aryl methyl sites for hydroxylation is 2. The van der Waals surface area contributed by atoms with Crippen molar-refractivity contribution < 1.29 is 9.84 Å². The van der Waals surface area contributed by atoms with E-state index in [1.807, 2.05) is 18.2 Å². The third kappa shape index (κ3) is 3.87. The van der Waals surface area contributed by atoms with E-state index in [0.29, 0.717) is 0 Å². The molecule has 4 nitrogen and oxygen atoms in total. The van der Waals surface area contributed by atoms with Gasteiger partial charge in [-0.25, -0.2) is 0 Å². The minimum absolute atomic E-state index is 0.0804. The first-order valence-corrected chi connectivity index (χ1v) is 10.4. The summed E-state index contributed by atoms with van der Waals surface area (Å²) in [7, 11) is 0. The quantitative estimate of drug-likeness (QED) is 0.884. The number of ether oxygens (including phenoxy) is 1. The number of morpholine rings is 1. The Morgan fingerprint density at radius 2 is 1.64 bits per heavy atom. The summed E-state index contributed by atoms with van der Waals surface area (Å²) in [5, 5.41) is 11.8. The maximum absolute atomic E-state index is 11.8. The molecule has 2 atom stereocenters. The highest BCUT2D eigenvalue weighted by atomic mass is 16.5. The van der Waals surface area contributed by atoms with Crippen molar-refractivity contribution in [1.82, 2.24) is 9.80 Å². The van der Waals surface area contributed by atoms with E-state index in [9.17, 15) is 5.11 Å². The van der Waals surface area contributed by atoms with E-state index in [0.717, 1.165) is 57.9 Å². The summed E-state index contributed by atoms with van der Waals surface area (Å²) in [6.07, 6.45) is 0.754. The van der Waals surface area contributed by atoms with E-state index in [4.69, 9.17) is 4.74 Å². The van der Waals surface area contributed by atoms with Gasteiger partial charge in [-0.1, -0.05) is 48.5 Å². The van der Waals surface area contributed by atoms with E-state index in [2.05, 4.69) is 54.0 Å². The molecule has 1 N–H and O–H groups in total. The molecule has 0 saturated carbocycles. The first kappa shape index (κ1) is 19.6. The molecule has 2 heterocycles. The number of hydrogen-bond acceptors (Lipinski definition) is 4. The maximum Gasteiger partial charge on any atom is 0.108 e. The minimum atomic E-state index is -0.810. The number of nitrogens with zero attached hydrogens (tertiary/aromatic N) is 2. The molecule has 0 radical (unpaired) electrons. The summed E-state index contributed by atoms with van der Waals surface area (Å²) in [5.41, 5.74) is 4.36. The van der Waals surface area contributed by atoms with Crippen LogP contribution in [0.25, 0.3) is 0 Å². The summed E-state index contributed by atoms with van der Waals surface area (Å²) in [6.45, 7) is 10.4. The highest BCUT2D eigenvalue weighted by molar-refractivity contribution is 5.33. The first-order chi connectivity index (χ1) is 13.6. The molecule has 2 fully saturated rings. The van der Waals surface area contributed by atoms with Crippen molar-refractivity contribution in [3.05, 3.63) is 70.8 Å². The first-order valence-electron chi connectivity index (χ1n) is 10.4.